The van der Waals surface area contributed by atoms with Gasteiger partial charge < -0.3 is 36.0 Å². The van der Waals surface area contributed by atoms with Gasteiger partial charge in [-0.15, -0.1) is 0 Å². The number of aliphatic hydroxyl groups is 2. The number of hydrogen-bond donors (Lipinski definition) is 6. The van der Waals surface area contributed by atoms with Gasteiger partial charge in [-0.2, -0.15) is 0 Å². The molecule has 2 amide bonds. The van der Waals surface area contributed by atoms with Crippen molar-refractivity contribution in [1.82, 2.24) is 15.2 Å². The summed E-state index contributed by atoms with van der Waals surface area (Å²) in [6.45, 7) is 4.92. The number of fused-ring (bicyclic) bond motifs is 1. The van der Waals surface area contributed by atoms with Crippen molar-refractivity contribution >= 4 is 34.6 Å². The normalized spacial score (nSPS) is 15.4. The van der Waals surface area contributed by atoms with Crippen LogP contribution >= 0.6 is 0 Å². The summed E-state index contributed by atoms with van der Waals surface area (Å²) in [6, 6.07) is 19.6. The lowest BCUT2D eigenvalue weighted by Gasteiger charge is -2.38. The average molecular weight is 553 g/mol. The van der Waals surface area contributed by atoms with Gasteiger partial charge in [-0.25, -0.2) is 9.59 Å². The molecule has 1 aliphatic heterocycles. The van der Waals surface area contributed by atoms with E-state index in [1.807, 2.05) is 55.5 Å². The Balaban J connectivity index is 0.000000424. The molecule has 1 saturated heterocycles. The van der Waals surface area contributed by atoms with Gasteiger partial charge >= 0.3 is 18.0 Å². The number of carbonyl (C=O) groups excluding carboxylic acids is 1. The highest BCUT2D eigenvalue weighted by Crippen LogP contribution is 2.26. The fraction of sp³-hybridized carbons (Fsp3) is 0.379. The number of aliphatic hydroxyl groups excluding tert-OH is 1. The molecule has 6 N–H and O–H groups in total. The summed E-state index contributed by atoms with van der Waals surface area (Å²) >= 11 is 0. The molecule has 1 aliphatic rings. The highest BCUT2D eigenvalue weighted by atomic mass is 16.4. The number of nitrogens with zero attached hydrogens (tertiary/aromatic N) is 2. The van der Waals surface area contributed by atoms with Crippen LogP contribution in [0.1, 0.15) is 30.5 Å². The molecule has 214 valence electrons. The topological polar surface area (TPSA) is 172 Å². The van der Waals surface area contributed by atoms with Gasteiger partial charge in [0.1, 0.15) is 0 Å². The van der Waals surface area contributed by atoms with Gasteiger partial charge in [-0.05, 0) is 37.5 Å². The number of aryl methyl sites for hydroxylation is 1. The first-order valence-electron chi connectivity index (χ1n) is 13.1. The molecular formula is C29H36N4O7. The van der Waals surface area contributed by atoms with Crippen molar-refractivity contribution in [3.8, 4) is 0 Å². The first kappa shape index (κ1) is 30.5. The van der Waals surface area contributed by atoms with Crippen LogP contribution in [-0.4, -0.2) is 86.2 Å². The van der Waals surface area contributed by atoms with Gasteiger partial charge in [-0.1, -0.05) is 48.5 Å². The maximum absolute atomic E-state index is 12.4. The number of likely N-dealkylation sites (tertiary alicyclic amines) is 1. The second-order valence-electron chi connectivity index (χ2n) is 9.89. The number of rotatable bonds is 9. The van der Waals surface area contributed by atoms with Gasteiger partial charge in [0, 0.05) is 43.7 Å². The van der Waals surface area contributed by atoms with Crippen LogP contribution in [0.4, 0.5) is 10.5 Å². The van der Waals surface area contributed by atoms with Crippen LogP contribution in [-0.2, 0) is 16.0 Å². The van der Waals surface area contributed by atoms with E-state index in [-0.39, 0.29) is 6.03 Å². The van der Waals surface area contributed by atoms with Crippen LogP contribution in [0, 0.1) is 6.92 Å². The van der Waals surface area contributed by atoms with E-state index < -0.39 is 30.1 Å². The number of aliphatic carboxylic acids is 2. The molecule has 11 nitrogen and oxygen atoms in total. The number of carbonyl (C=O) groups is 3. The largest absolute Gasteiger partial charge is 0.481 e. The summed E-state index contributed by atoms with van der Waals surface area (Å²) in [4.78, 5) is 38.6. The Bertz CT molecular complexity index is 1290. The number of pyridine rings is 1. The van der Waals surface area contributed by atoms with Crippen molar-refractivity contribution in [2.45, 2.75) is 44.3 Å². The minimum absolute atomic E-state index is 0.214. The number of amides is 2. The van der Waals surface area contributed by atoms with Crippen molar-refractivity contribution in [3.63, 3.8) is 0 Å². The summed E-state index contributed by atoms with van der Waals surface area (Å²) in [5, 5.41) is 41.9. The van der Waals surface area contributed by atoms with Crippen LogP contribution in [0.5, 0.6) is 0 Å². The smallest absolute Gasteiger partial charge is 0.333 e. The molecule has 2 aromatic carbocycles. The van der Waals surface area contributed by atoms with E-state index >= 15 is 0 Å². The quantitative estimate of drug-likeness (QED) is 0.233. The summed E-state index contributed by atoms with van der Waals surface area (Å²) in [5.41, 5.74) is 3.04. The number of urea groups is 1. The van der Waals surface area contributed by atoms with Gasteiger partial charge in [0.05, 0.1) is 23.2 Å². The zero-order valence-corrected chi connectivity index (χ0v) is 22.4. The second-order valence-corrected chi connectivity index (χ2v) is 9.89. The van der Waals surface area contributed by atoms with Crippen molar-refractivity contribution in [2.75, 3.05) is 31.5 Å². The Morgan fingerprint density at radius 2 is 1.68 bits per heavy atom. The molecule has 1 aromatic heterocycles. The van der Waals surface area contributed by atoms with E-state index in [1.54, 1.807) is 0 Å². The zero-order valence-electron chi connectivity index (χ0n) is 22.4. The maximum Gasteiger partial charge on any atom is 0.333 e. The lowest BCUT2D eigenvalue weighted by molar-refractivity contribution is -0.152. The van der Waals surface area contributed by atoms with Crippen molar-refractivity contribution in [2.24, 2.45) is 0 Å². The van der Waals surface area contributed by atoms with Crippen molar-refractivity contribution < 1.29 is 34.8 Å². The molecule has 0 spiro atoms. The molecule has 11 heteroatoms. The fourth-order valence-corrected chi connectivity index (χ4v) is 4.50. The van der Waals surface area contributed by atoms with Gasteiger partial charge in [0.25, 0.3) is 0 Å². The number of aromatic nitrogens is 1. The highest BCUT2D eigenvalue weighted by molar-refractivity contribution is 6.00. The van der Waals surface area contributed by atoms with E-state index in [0.29, 0.717) is 13.0 Å². The van der Waals surface area contributed by atoms with Crippen molar-refractivity contribution in [1.29, 1.82) is 0 Å². The molecule has 1 atom stereocenters. The Labute approximate surface area is 232 Å². The van der Waals surface area contributed by atoms with Crippen LogP contribution in [0.2, 0.25) is 0 Å². The monoisotopic (exact) mass is 552 g/mol. The molecule has 1 fully saturated rings. The van der Waals surface area contributed by atoms with E-state index in [1.165, 1.54) is 5.56 Å². The van der Waals surface area contributed by atoms with Crippen LogP contribution in [0.3, 0.4) is 0 Å². The predicted octanol–water partition coefficient (Wildman–Crippen LogP) is 2.64. The molecule has 4 rings (SSSR count). The van der Waals surface area contributed by atoms with E-state index in [4.69, 9.17) is 15.3 Å². The summed E-state index contributed by atoms with van der Waals surface area (Å²) < 4.78 is 0. The molecular weight excluding hydrogens is 516 g/mol. The summed E-state index contributed by atoms with van der Waals surface area (Å²) in [6.07, 6.45) is -0.355. The zero-order chi connectivity index (χ0) is 29.1. The first-order valence-corrected chi connectivity index (χ1v) is 13.1. The number of piperidine rings is 1. The number of anilines is 1. The van der Waals surface area contributed by atoms with Crippen LogP contribution in [0.25, 0.3) is 10.9 Å². The van der Waals surface area contributed by atoms with E-state index in [9.17, 15) is 19.5 Å². The first-order chi connectivity index (χ1) is 19.0. The maximum atomic E-state index is 12.4. The number of carboxylic acid groups (broad SMARTS) is 2. The number of nitrogens with one attached hydrogen (secondary N) is 2. The fourth-order valence-electron chi connectivity index (χ4n) is 4.50. The second kappa shape index (κ2) is 14.4. The predicted molar refractivity (Wildman–Crippen MR) is 150 cm³/mol. The minimum atomic E-state index is -1.79. The molecule has 3 aromatic rings. The molecule has 0 bridgehead atoms. The standard InChI is InChI=1S/C25H30N4O2.C4H6O5/c1-19-17-23(21-9-5-6-10-22(21)27-19)28-24(30)26-13-16-29-14-11-25(31,12-15-29)18-20-7-3-2-4-8-20;5-2(4(8)9)1-3(6)7/h2-10,17,31H,11-16,18H2,1H3,(H2,26,27,28,30);2,5H,1H2,(H,6,7)(H,8,9). The molecule has 0 aliphatic carbocycles. The van der Waals surface area contributed by atoms with E-state index in [2.05, 4.69) is 32.7 Å². The Morgan fingerprint density at radius 3 is 2.30 bits per heavy atom. The molecule has 0 radical (unpaired) electrons. The Morgan fingerprint density at radius 1 is 1.02 bits per heavy atom. The molecule has 40 heavy (non-hydrogen) atoms. The molecule has 2 heterocycles. The Kier molecular flexibility index (Phi) is 10.9. The number of carboxylic acids is 2. The number of benzene rings is 2. The average Bonchev–Trinajstić information content (AvgIpc) is 2.90. The van der Waals surface area contributed by atoms with Gasteiger partial charge in [0.2, 0.25) is 0 Å². The third-order valence-corrected chi connectivity index (χ3v) is 6.62. The van der Waals surface area contributed by atoms with Crippen molar-refractivity contribution in [3.05, 3.63) is 71.9 Å². The lowest BCUT2D eigenvalue weighted by atomic mass is 9.85. The lowest BCUT2D eigenvalue weighted by Crippen LogP contribution is -2.47. The molecule has 0 saturated carbocycles. The van der Waals surface area contributed by atoms with Crippen LogP contribution in [0.15, 0.2) is 60.7 Å². The SMILES string of the molecule is Cc1cc(NC(=O)NCCN2CCC(O)(Cc3ccccc3)CC2)c2ccccc2n1.O=C(O)CC(O)C(=O)O. The summed E-state index contributed by atoms with van der Waals surface area (Å²) in [5.74, 6) is -2.85. The third-order valence-electron chi connectivity index (χ3n) is 6.62. The van der Waals surface area contributed by atoms with Gasteiger partial charge in [0.15, 0.2) is 6.10 Å². The molecule has 1 unspecified atom stereocenters. The number of para-hydroxylation sites is 1. The minimum Gasteiger partial charge on any atom is -0.481 e. The summed E-state index contributed by atoms with van der Waals surface area (Å²) in [7, 11) is 0. The van der Waals surface area contributed by atoms with Gasteiger partial charge in [-0.3, -0.25) is 9.78 Å². The Hall–Kier alpha value is -4.06. The van der Waals surface area contributed by atoms with E-state index in [0.717, 1.165) is 54.8 Å². The highest BCUT2D eigenvalue weighted by Gasteiger charge is 2.32. The number of hydrogen-bond acceptors (Lipinski definition) is 7. The van der Waals surface area contributed by atoms with Crippen LogP contribution < -0.4 is 10.6 Å². The third kappa shape index (κ3) is 9.60.